The average molecular weight is 312 g/mol. The number of ether oxygens (including phenoxy) is 2. The standard InChI is InChI=1S/C20H24O3/c1-5-19(20(21)22-14(2)3)23-18-12-10-17(11-13-18)16-8-6-15(4)7-9-16/h6-14,19H,5H2,1-4H3/t19-/m1/s1. The molecule has 23 heavy (non-hydrogen) atoms. The van der Waals surface area contributed by atoms with Gasteiger partial charge in [-0.15, -0.1) is 0 Å². The van der Waals surface area contributed by atoms with Crippen molar-refractivity contribution >= 4 is 5.97 Å². The van der Waals surface area contributed by atoms with Crippen molar-refractivity contribution in [2.45, 2.75) is 46.3 Å². The van der Waals surface area contributed by atoms with Crippen LogP contribution in [0.25, 0.3) is 11.1 Å². The summed E-state index contributed by atoms with van der Waals surface area (Å²) in [6.45, 7) is 7.65. The predicted molar refractivity (Wildman–Crippen MR) is 92.6 cm³/mol. The maximum Gasteiger partial charge on any atom is 0.347 e. The third-order valence-electron chi connectivity index (χ3n) is 3.50. The number of benzene rings is 2. The molecule has 3 nitrogen and oxygen atoms in total. The molecule has 122 valence electrons. The predicted octanol–water partition coefficient (Wildman–Crippen LogP) is 4.77. The Morgan fingerprint density at radius 3 is 1.96 bits per heavy atom. The summed E-state index contributed by atoms with van der Waals surface area (Å²) >= 11 is 0. The van der Waals surface area contributed by atoms with E-state index in [0.29, 0.717) is 12.2 Å². The first-order chi connectivity index (χ1) is 11.0. The fourth-order valence-electron chi connectivity index (χ4n) is 2.24. The van der Waals surface area contributed by atoms with E-state index >= 15 is 0 Å². The minimum atomic E-state index is -0.567. The SMILES string of the molecule is CC[C@@H](Oc1ccc(-c2ccc(C)cc2)cc1)C(=O)OC(C)C. The lowest BCUT2D eigenvalue weighted by Crippen LogP contribution is -2.30. The van der Waals surface area contributed by atoms with E-state index in [1.54, 1.807) is 0 Å². The van der Waals surface area contributed by atoms with Gasteiger partial charge >= 0.3 is 5.97 Å². The number of rotatable bonds is 6. The molecule has 0 bridgehead atoms. The largest absolute Gasteiger partial charge is 0.479 e. The molecule has 0 radical (unpaired) electrons. The summed E-state index contributed by atoms with van der Waals surface area (Å²) in [6.07, 6.45) is -0.127. The summed E-state index contributed by atoms with van der Waals surface area (Å²) in [7, 11) is 0. The van der Waals surface area contributed by atoms with Crippen LogP contribution in [0.3, 0.4) is 0 Å². The van der Waals surface area contributed by atoms with Gasteiger partial charge in [-0.25, -0.2) is 4.79 Å². The number of esters is 1. The molecule has 0 spiro atoms. The molecule has 2 aromatic rings. The molecule has 0 fully saturated rings. The Labute approximate surface area is 138 Å². The summed E-state index contributed by atoms with van der Waals surface area (Å²) < 4.78 is 11.0. The minimum absolute atomic E-state index is 0.135. The highest BCUT2D eigenvalue weighted by Crippen LogP contribution is 2.23. The van der Waals surface area contributed by atoms with Crippen LogP contribution in [0.5, 0.6) is 5.75 Å². The Morgan fingerprint density at radius 2 is 1.48 bits per heavy atom. The van der Waals surface area contributed by atoms with Crippen LogP contribution >= 0.6 is 0 Å². The van der Waals surface area contributed by atoms with E-state index in [9.17, 15) is 4.79 Å². The first-order valence-electron chi connectivity index (χ1n) is 8.04. The maximum absolute atomic E-state index is 12.0. The van der Waals surface area contributed by atoms with Crippen molar-refractivity contribution < 1.29 is 14.3 Å². The normalized spacial score (nSPS) is 12.0. The number of carbonyl (C=O) groups excluding carboxylic acids is 1. The van der Waals surface area contributed by atoms with Crippen molar-refractivity contribution in [1.29, 1.82) is 0 Å². The van der Waals surface area contributed by atoms with Crippen LogP contribution in [0, 0.1) is 6.92 Å². The molecule has 3 heteroatoms. The molecule has 0 unspecified atom stereocenters. The zero-order chi connectivity index (χ0) is 16.8. The Balaban J connectivity index is 2.06. The van der Waals surface area contributed by atoms with Crippen LogP contribution in [0.1, 0.15) is 32.8 Å². The van der Waals surface area contributed by atoms with Crippen molar-refractivity contribution in [3.63, 3.8) is 0 Å². The smallest absolute Gasteiger partial charge is 0.347 e. The number of carbonyl (C=O) groups is 1. The Morgan fingerprint density at radius 1 is 0.957 bits per heavy atom. The second-order valence-electron chi connectivity index (χ2n) is 5.89. The topological polar surface area (TPSA) is 35.5 Å². The van der Waals surface area contributed by atoms with Gasteiger partial charge in [-0.3, -0.25) is 0 Å². The summed E-state index contributed by atoms with van der Waals surface area (Å²) in [4.78, 5) is 12.0. The first-order valence-corrected chi connectivity index (χ1v) is 8.04. The zero-order valence-electron chi connectivity index (χ0n) is 14.2. The second kappa shape index (κ2) is 7.82. The number of hydrogen-bond acceptors (Lipinski definition) is 3. The Bertz CT molecular complexity index is 627. The molecule has 0 aliphatic carbocycles. The fourth-order valence-corrected chi connectivity index (χ4v) is 2.24. The second-order valence-corrected chi connectivity index (χ2v) is 5.89. The van der Waals surface area contributed by atoms with E-state index in [-0.39, 0.29) is 12.1 Å². The van der Waals surface area contributed by atoms with E-state index in [0.717, 1.165) is 11.1 Å². The molecule has 0 saturated carbocycles. The van der Waals surface area contributed by atoms with Gasteiger partial charge in [0.1, 0.15) is 5.75 Å². The molecule has 2 rings (SSSR count). The lowest BCUT2D eigenvalue weighted by atomic mass is 10.0. The van der Waals surface area contributed by atoms with Crippen molar-refractivity contribution in [3.8, 4) is 16.9 Å². The van der Waals surface area contributed by atoms with Crippen molar-refractivity contribution in [2.75, 3.05) is 0 Å². The summed E-state index contributed by atoms with van der Waals surface area (Å²) in [5.74, 6) is 0.360. The third kappa shape index (κ3) is 4.85. The van der Waals surface area contributed by atoms with Gasteiger partial charge in [-0.1, -0.05) is 48.9 Å². The van der Waals surface area contributed by atoms with Crippen LogP contribution in [-0.4, -0.2) is 18.2 Å². The van der Waals surface area contributed by atoms with E-state index in [1.807, 2.05) is 45.0 Å². The van der Waals surface area contributed by atoms with Gasteiger partial charge in [0.25, 0.3) is 0 Å². The Kier molecular flexibility index (Phi) is 5.80. The van der Waals surface area contributed by atoms with Crippen LogP contribution in [-0.2, 0) is 9.53 Å². The van der Waals surface area contributed by atoms with Crippen molar-refractivity contribution in [3.05, 3.63) is 54.1 Å². The molecule has 0 saturated heterocycles. The number of hydrogen-bond donors (Lipinski definition) is 0. The van der Waals surface area contributed by atoms with Crippen LogP contribution in [0.2, 0.25) is 0 Å². The van der Waals surface area contributed by atoms with E-state index < -0.39 is 6.10 Å². The lowest BCUT2D eigenvalue weighted by Gasteiger charge is -2.18. The number of aryl methyl sites for hydroxylation is 1. The average Bonchev–Trinajstić information content (AvgIpc) is 2.53. The van der Waals surface area contributed by atoms with Gasteiger partial charge in [0, 0.05) is 0 Å². The van der Waals surface area contributed by atoms with Gasteiger partial charge in [0.05, 0.1) is 6.10 Å². The summed E-state index contributed by atoms with van der Waals surface area (Å²) in [5, 5.41) is 0. The Hall–Kier alpha value is -2.29. The highest BCUT2D eigenvalue weighted by Gasteiger charge is 2.21. The molecule has 0 heterocycles. The minimum Gasteiger partial charge on any atom is -0.479 e. The molecular weight excluding hydrogens is 288 g/mol. The van der Waals surface area contributed by atoms with Crippen LogP contribution in [0.15, 0.2) is 48.5 Å². The van der Waals surface area contributed by atoms with Crippen molar-refractivity contribution in [2.24, 2.45) is 0 Å². The van der Waals surface area contributed by atoms with Gasteiger partial charge in [-0.2, -0.15) is 0 Å². The molecule has 0 aromatic heterocycles. The van der Waals surface area contributed by atoms with Gasteiger partial charge < -0.3 is 9.47 Å². The zero-order valence-corrected chi connectivity index (χ0v) is 14.2. The monoisotopic (exact) mass is 312 g/mol. The first kappa shape index (κ1) is 17.1. The molecule has 0 N–H and O–H groups in total. The fraction of sp³-hybridized carbons (Fsp3) is 0.350. The maximum atomic E-state index is 12.0. The summed E-state index contributed by atoms with van der Waals surface area (Å²) in [6, 6.07) is 16.2. The molecule has 2 aromatic carbocycles. The molecule has 0 aliphatic rings. The molecule has 0 aliphatic heterocycles. The molecule has 0 amide bonds. The molecule has 1 atom stereocenters. The van der Waals surface area contributed by atoms with E-state index in [4.69, 9.17) is 9.47 Å². The quantitative estimate of drug-likeness (QED) is 0.721. The van der Waals surface area contributed by atoms with Gasteiger partial charge in [0.15, 0.2) is 6.10 Å². The molecular formula is C20H24O3. The van der Waals surface area contributed by atoms with Crippen LogP contribution in [0.4, 0.5) is 0 Å². The van der Waals surface area contributed by atoms with Gasteiger partial charge in [-0.05, 0) is 50.5 Å². The third-order valence-corrected chi connectivity index (χ3v) is 3.50. The lowest BCUT2D eigenvalue weighted by molar-refractivity contribution is -0.155. The highest BCUT2D eigenvalue weighted by atomic mass is 16.6. The van der Waals surface area contributed by atoms with Gasteiger partial charge in [0.2, 0.25) is 0 Å². The van der Waals surface area contributed by atoms with Crippen LogP contribution < -0.4 is 4.74 Å². The van der Waals surface area contributed by atoms with Crippen molar-refractivity contribution in [1.82, 2.24) is 0 Å². The van der Waals surface area contributed by atoms with E-state index in [2.05, 4.69) is 31.2 Å². The van der Waals surface area contributed by atoms with E-state index in [1.165, 1.54) is 5.56 Å². The highest BCUT2D eigenvalue weighted by molar-refractivity contribution is 5.75. The summed E-state index contributed by atoms with van der Waals surface area (Å²) in [5.41, 5.74) is 3.52.